The minimum absolute atomic E-state index is 0.0920. The molecule has 0 aliphatic rings. The van der Waals surface area contributed by atoms with Crippen LogP contribution in [0.2, 0.25) is 0 Å². The van der Waals surface area contributed by atoms with Gasteiger partial charge in [0, 0.05) is 18.3 Å². The summed E-state index contributed by atoms with van der Waals surface area (Å²) in [6, 6.07) is 12.6. The van der Waals surface area contributed by atoms with Crippen molar-refractivity contribution in [2.75, 3.05) is 0 Å². The fraction of sp³-hybridized carbons (Fsp3) is 0.412. The molecule has 3 heteroatoms. The molecule has 2 aromatic rings. The van der Waals surface area contributed by atoms with Gasteiger partial charge in [0.1, 0.15) is 5.82 Å². The van der Waals surface area contributed by atoms with E-state index in [1.807, 2.05) is 19.2 Å². The number of nitrogens with one attached hydrogen (secondary N) is 1. The highest BCUT2D eigenvalue weighted by Crippen LogP contribution is 2.14. The maximum Gasteiger partial charge on any atom is 0.125 e. The Bertz CT molecular complexity index is 535. The quantitative estimate of drug-likeness (QED) is 0.874. The van der Waals surface area contributed by atoms with Crippen LogP contribution in [-0.2, 0) is 13.0 Å². The zero-order valence-electron chi connectivity index (χ0n) is 12.6. The summed E-state index contributed by atoms with van der Waals surface area (Å²) in [5, 5.41) is 3.58. The molecule has 106 valence electrons. The molecule has 0 spiro atoms. The Hall–Kier alpha value is -1.74. The van der Waals surface area contributed by atoms with Crippen molar-refractivity contribution in [3.8, 4) is 0 Å². The van der Waals surface area contributed by atoms with Crippen molar-refractivity contribution in [1.29, 1.82) is 0 Å². The Morgan fingerprint density at radius 1 is 1.10 bits per heavy atom. The maximum atomic E-state index is 4.42. The normalized spacial score (nSPS) is 11.6. The third-order valence-corrected chi connectivity index (χ3v) is 3.46. The first kappa shape index (κ1) is 14.7. The van der Waals surface area contributed by atoms with Gasteiger partial charge in [-0.25, -0.2) is 9.97 Å². The molecule has 0 saturated carbocycles. The number of nitrogens with zero attached hydrogens (tertiary/aromatic N) is 2. The predicted octanol–water partition coefficient (Wildman–Crippen LogP) is 3.29. The van der Waals surface area contributed by atoms with E-state index in [9.17, 15) is 0 Å². The van der Waals surface area contributed by atoms with Crippen LogP contribution in [0.15, 0.2) is 42.6 Å². The van der Waals surface area contributed by atoms with E-state index in [4.69, 9.17) is 0 Å². The van der Waals surface area contributed by atoms with E-state index in [0.717, 1.165) is 30.9 Å². The van der Waals surface area contributed by atoms with Gasteiger partial charge in [-0.05, 0) is 45.2 Å². The molecule has 1 heterocycles. The molecular weight excluding hydrogens is 246 g/mol. The van der Waals surface area contributed by atoms with Gasteiger partial charge in [-0.2, -0.15) is 0 Å². The van der Waals surface area contributed by atoms with Gasteiger partial charge in [-0.3, -0.25) is 0 Å². The molecule has 0 unspecified atom stereocenters. The zero-order valence-corrected chi connectivity index (χ0v) is 12.6. The Morgan fingerprint density at radius 2 is 1.85 bits per heavy atom. The molecule has 1 aromatic heterocycles. The minimum Gasteiger partial charge on any atom is -0.306 e. The van der Waals surface area contributed by atoms with Gasteiger partial charge in [0.05, 0.1) is 5.69 Å². The fourth-order valence-corrected chi connectivity index (χ4v) is 2.12. The third-order valence-electron chi connectivity index (χ3n) is 3.46. The second kappa shape index (κ2) is 6.62. The molecule has 3 nitrogen and oxygen atoms in total. The number of benzene rings is 1. The Kier molecular flexibility index (Phi) is 4.85. The SMILES string of the molecule is Cc1nccc(CNC(C)(C)CCc2ccccc2)n1. The van der Waals surface area contributed by atoms with Crippen LogP contribution in [0.1, 0.15) is 37.4 Å². The topological polar surface area (TPSA) is 37.8 Å². The molecule has 0 aliphatic carbocycles. The number of aryl methyl sites for hydroxylation is 2. The van der Waals surface area contributed by atoms with Crippen molar-refractivity contribution in [3.63, 3.8) is 0 Å². The van der Waals surface area contributed by atoms with Crippen LogP contribution < -0.4 is 5.32 Å². The van der Waals surface area contributed by atoms with Crippen LogP contribution in [0, 0.1) is 6.92 Å². The fourth-order valence-electron chi connectivity index (χ4n) is 2.12. The summed E-state index contributed by atoms with van der Waals surface area (Å²) in [7, 11) is 0. The van der Waals surface area contributed by atoms with E-state index in [1.54, 1.807) is 0 Å². The molecule has 0 saturated heterocycles. The van der Waals surface area contributed by atoms with Crippen molar-refractivity contribution < 1.29 is 0 Å². The molecule has 0 radical (unpaired) electrons. The molecule has 0 aliphatic heterocycles. The lowest BCUT2D eigenvalue weighted by Crippen LogP contribution is -2.39. The summed E-state index contributed by atoms with van der Waals surface area (Å²) in [6.45, 7) is 7.18. The lowest BCUT2D eigenvalue weighted by molar-refractivity contribution is 0.358. The Labute approximate surface area is 121 Å². The Balaban J connectivity index is 1.84. The summed E-state index contributed by atoms with van der Waals surface area (Å²) < 4.78 is 0. The number of rotatable bonds is 6. The molecule has 20 heavy (non-hydrogen) atoms. The van der Waals surface area contributed by atoms with Gasteiger partial charge in [0.15, 0.2) is 0 Å². The summed E-state index contributed by atoms with van der Waals surface area (Å²) in [5.74, 6) is 0.825. The molecular formula is C17H23N3. The van der Waals surface area contributed by atoms with Crippen LogP contribution in [0.4, 0.5) is 0 Å². The molecule has 0 fully saturated rings. The van der Waals surface area contributed by atoms with Gasteiger partial charge in [0.25, 0.3) is 0 Å². The average molecular weight is 269 g/mol. The van der Waals surface area contributed by atoms with E-state index in [2.05, 4.69) is 59.5 Å². The van der Waals surface area contributed by atoms with Crippen LogP contribution in [-0.4, -0.2) is 15.5 Å². The Morgan fingerprint density at radius 3 is 2.55 bits per heavy atom. The van der Waals surface area contributed by atoms with Crippen molar-refractivity contribution in [2.24, 2.45) is 0 Å². The largest absolute Gasteiger partial charge is 0.306 e. The number of hydrogen-bond donors (Lipinski definition) is 1. The predicted molar refractivity (Wildman–Crippen MR) is 82.5 cm³/mol. The highest BCUT2D eigenvalue weighted by Gasteiger charge is 2.16. The molecule has 2 rings (SSSR count). The molecule has 1 N–H and O–H groups in total. The first-order valence-corrected chi connectivity index (χ1v) is 7.13. The van der Waals surface area contributed by atoms with Gasteiger partial charge < -0.3 is 5.32 Å². The van der Waals surface area contributed by atoms with Crippen molar-refractivity contribution >= 4 is 0 Å². The van der Waals surface area contributed by atoms with Crippen molar-refractivity contribution in [2.45, 2.75) is 45.7 Å². The third kappa shape index (κ3) is 4.74. The second-order valence-electron chi connectivity index (χ2n) is 5.82. The average Bonchev–Trinajstić information content (AvgIpc) is 2.45. The highest BCUT2D eigenvalue weighted by atomic mass is 15.0. The minimum atomic E-state index is 0.0920. The van der Waals surface area contributed by atoms with Crippen LogP contribution in [0.5, 0.6) is 0 Å². The van der Waals surface area contributed by atoms with Crippen LogP contribution >= 0.6 is 0 Å². The summed E-state index contributed by atoms with van der Waals surface area (Å²) in [6.07, 6.45) is 4.00. The zero-order chi connectivity index (χ0) is 14.4. The monoisotopic (exact) mass is 269 g/mol. The lowest BCUT2D eigenvalue weighted by atomic mass is 9.95. The molecule has 1 aromatic carbocycles. The van der Waals surface area contributed by atoms with Gasteiger partial charge in [-0.15, -0.1) is 0 Å². The van der Waals surface area contributed by atoms with Crippen LogP contribution in [0.25, 0.3) is 0 Å². The van der Waals surface area contributed by atoms with E-state index in [-0.39, 0.29) is 5.54 Å². The molecule has 0 amide bonds. The van der Waals surface area contributed by atoms with Crippen LogP contribution in [0.3, 0.4) is 0 Å². The van der Waals surface area contributed by atoms with Crippen molar-refractivity contribution in [1.82, 2.24) is 15.3 Å². The highest BCUT2D eigenvalue weighted by molar-refractivity contribution is 5.15. The van der Waals surface area contributed by atoms with Gasteiger partial charge >= 0.3 is 0 Å². The van der Waals surface area contributed by atoms with E-state index in [0.29, 0.717) is 0 Å². The van der Waals surface area contributed by atoms with Gasteiger partial charge in [-0.1, -0.05) is 30.3 Å². The van der Waals surface area contributed by atoms with E-state index < -0.39 is 0 Å². The summed E-state index contributed by atoms with van der Waals surface area (Å²) in [5.41, 5.74) is 2.53. The summed E-state index contributed by atoms with van der Waals surface area (Å²) in [4.78, 5) is 8.54. The summed E-state index contributed by atoms with van der Waals surface area (Å²) >= 11 is 0. The first-order chi connectivity index (χ1) is 9.55. The first-order valence-electron chi connectivity index (χ1n) is 7.13. The van der Waals surface area contributed by atoms with Crippen molar-refractivity contribution in [3.05, 3.63) is 59.7 Å². The lowest BCUT2D eigenvalue weighted by Gasteiger charge is -2.26. The maximum absolute atomic E-state index is 4.42. The van der Waals surface area contributed by atoms with E-state index in [1.165, 1.54) is 5.56 Å². The number of aromatic nitrogens is 2. The number of hydrogen-bond acceptors (Lipinski definition) is 3. The van der Waals surface area contributed by atoms with E-state index >= 15 is 0 Å². The smallest absolute Gasteiger partial charge is 0.125 e. The molecule has 0 bridgehead atoms. The van der Waals surface area contributed by atoms with Gasteiger partial charge in [0.2, 0.25) is 0 Å². The standard InChI is InChI=1S/C17H23N3/c1-14-18-12-10-16(20-14)13-19-17(2,3)11-9-15-7-5-4-6-8-15/h4-8,10,12,19H,9,11,13H2,1-3H3. The second-order valence-corrected chi connectivity index (χ2v) is 5.82. The molecule has 0 atom stereocenters.